The van der Waals surface area contributed by atoms with Crippen molar-refractivity contribution in [3.8, 4) is 0 Å². The van der Waals surface area contributed by atoms with Crippen LogP contribution in [0.5, 0.6) is 0 Å². The number of thioether (sulfide) groups is 1. The number of hydrogen-bond donors (Lipinski definition) is 1. The molecule has 0 fully saturated rings. The molecule has 0 aliphatic carbocycles. The second-order valence-electron chi connectivity index (χ2n) is 3.69. The number of aryl methyl sites for hydroxylation is 1. The van der Waals surface area contributed by atoms with Crippen molar-refractivity contribution >= 4 is 11.8 Å². The van der Waals surface area contributed by atoms with Gasteiger partial charge in [-0.2, -0.15) is 11.8 Å². The average molecular weight is 223 g/mol. The second kappa shape index (κ2) is 8.81. The van der Waals surface area contributed by atoms with Gasteiger partial charge in [-0.15, -0.1) is 0 Å². The van der Waals surface area contributed by atoms with E-state index in [0.29, 0.717) is 0 Å². The van der Waals surface area contributed by atoms with Crippen LogP contribution in [0.3, 0.4) is 0 Å². The molecule has 0 bridgehead atoms. The SMILES string of the molecule is CSCCCNCCCc1ccccc1. The fourth-order valence-electron chi connectivity index (χ4n) is 1.53. The van der Waals surface area contributed by atoms with Crippen molar-refractivity contribution in [2.24, 2.45) is 0 Å². The molecule has 0 spiro atoms. The molecular formula is C13H21NS. The van der Waals surface area contributed by atoms with E-state index < -0.39 is 0 Å². The van der Waals surface area contributed by atoms with Crippen molar-refractivity contribution in [1.29, 1.82) is 0 Å². The Hall–Kier alpha value is -0.470. The Labute approximate surface area is 97.7 Å². The lowest BCUT2D eigenvalue weighted by molar-refractivity contribution is 0.642. The lowest BCUT2D eigenvalue weighted by atomic mass is 10.1. The maximum atomic E-state index is 3.48. The van der Waals surface area contributed by atoms with Gasteiger partial charge in [0.15, 0.2) is 0 Å². The molecule has 1 N–H and O–H groups in total. The topological polar surface area (TPSA) is 12.0 Å². The Morgan fingerprint density at radius 2 is 1.80 bits per heavy atom. The van der Waals surface area contributed by atoms with Crippen LogP contribution in [-0.4, -0.2) is 25.1 Å². The van der Waals surface area contributed by atoms with Gasteiger partial charge >= 0.3 is 0 Å². The molecule has 0 radical (unpaired) electrons. The molecule has 0 amide bonds. The van der Waals surface area contributed by atoms with E-state index in [1.54, 1.807) is 0 Å². The fourth-order valence-corrected chi connectivity index (χ4v) is 1.96. The number of rotatable bonds is 8. The second-order valence-corrected chi connectivity index (χ2v) is 4.67. The molecule has 1 aromatic carbocycles. The minimum absolute atomic E-state index is 1.14. The zero-order valence-corrected chi connectivity index (χ0v) is 10.4. The minimum atomic E-state index is 1.14. The standard InChI is InChI=1S/C13H21NS/c1-15-12-6-11-14-10-5-9-13-7-3-2-4-8-13/h2-4,7-8,14H,5-6,9-12H2,1H3. The van der Waals surface area contributed by atoms with E-state index in [0.717, 1.165) is 13.1 Å². The van der Waals surface area contributed by atoms with E-state index >= 15 is 0 Å². The number of hydrogen-bond acceptors (Lipinski definition) is 2. The van der Waals surface area contributed by atoms with Crippen LogP contribution in [-0.2, 0) is 6.42 Å². The summed E-state index contributed by atoms with van der Waals surface area (Å²) in [6.45, 7) is 2.30. The first kappa shape index (κ1) is 12.6. The zero-order valence-electron chi connectivity index (χ0n) is 9.54. The Bertz CT molecular complexity index is 236. The summed E-state index contributed by atoms with van der Waals surface area (Å²) in [6, 6.07) is 10.7. The molecule has 0 aliphatic heterocycles. The van der Waals surface area contributed by atoms with E-state index in [1.165, 1.54) is 30.6 Å². The third-order valence-corrected chi connectivity index (χ3v) is 3.06. The summed E-state index contributed by atoms with van der Waals surface area (Å²) in [5.74, 6) is 1.27. The van der Waals surface area contributed by atoms with Crippen molar-refractivity contribution in [3.05, 3.63) is 35.9 Å². The van der Waals surface area contributed by atoms with Gasteiger partial charge in [-0.1, -0.05) is 30.3 Å². The highest BCUT2D eigenvalue weighted by atomic mass is 32.2. The van der Waals surface area contributed by atoms with E-state index in [1.807, 2.05) is 11.8 Å². The van der Waals surface area contributed by atoms with Crippen LogP contribution in [0.4, 0.5) is 0 Å². The largest absolute Gasteiger partial charge is 0.317 e. The minimum Gasteiger partial charge on any atom is -0.317 e. The summed E-state index contributed by atoms with van der Waals surface area (Å²) in [6.07, 6.45) is 5.88. The third kappa shape index (κ3) is 6.58. The van der Waals surface area contributed by atoms with Crippen LogP contribution < -0.4 is 5.32 Å². The molecule has 0 saturated carbocycles. The maximum absolute atomic E-state index is 3.48. The first-order chi connectivity index (χ1) is 7.43. The Balaban J connectivity index is 1.93. The molecule has 1 rings (SSSR count). The van der Waals surface area contributed by atoms with E-state index in [2.05, 4.69) is 41.9 Å². The van der Waals surface area contributed by atoms with Crippen LogP contribution >= 0.6 is 11.8 Å². The van der Waals surface area contributed by atoms with Crippen molar-refractivity contribution in [2.75, 3.05) is 25.1 Å². The van der Waals surface area contributed by atoms with Crippen molar-refractivity contribution in [3.63, 3.8) is 0 Å². The summed E-state index contributed by atoms with van der Waals surface area (Å²) < 4.78 is 0. The van der Waals surface area contributed by atoms with Crippen LogP contribution in [0.2, 0.25) is 0 Å². The summed E-state index contributed by atoms with van der Waals surface area (Å²) in [7, 11) is 0. The average Bonchev–Trinajstić information content (AvgIpc) is 2.29. The van der Waals surface area contributed by atoms with Crippen LogP contribution in [0, 0.1) is 0 Å². The van der Waals surface area contributed by atoms with Gasteiger partial charge in [0.05, 0.1) is 0 Å². The van der Waals surface area contributed by atoms with Gasteiger partial charge in [0.1, 0.15) is 0 Å². The highest BCUT2D eigenvalue weighted by Crippen LogP contribution is 2.01. The summed E-state index contributed by atoms with van der Waals surface area (Å²) in [5, 5.41) is 3.48. The molecule has 0 aliphatic rings. The zero-order chi connectivity index (χ0) is 10.8. The summed E-state index contributed by atoms with van der Waals surface area (Å²) in [5.41, 5.74) is 1.45. The predicted molar refractivity (Wildman–Crippen MR) is 70.6 cm³/mol. The van der Waals surface area contributed by atoms with Crippen LogP contribution in [0.15, 0.2) is 30.3 Å². The predicted octanol–water partition coefficient (Wildman–Crippen LogP) is 2.96. The molecule has 0 aromatic heterocycles. The van der Waals surface area contributed by atoms with E-state index in [4.69, 9.17) is 0 Å². The molecule has 1 aromatic rings. The Morgan fingerprint density at radius 1 is 1.07 bits per heavy atom. The molecule has 0 saturated heterocycles. The highest BCUT2D eigenvalue weighted by molar-refractivity contribution is 7.98. The van der Waals surface area contributed by atoms with E-state index in [-0.39, 0.29) is 0 Å². The van der Waals surface area contributed by atoms with Gasteiger partial charge in [-0.3, -0.25) is 0 Å². The molecule has 2 heteroatoms. The van der Waals surface area contributed by atoms with Gasteiger partial charge in [0, 0.05) is 0 Å². The lowest BCUT2D eigenvalue weighted by Gasteiger charge is -2.04. The molecule has 0 heterocycles. The normalized spacial score (nSPS) is 10.5. The molecule has 1 nitrogen and oxygen atoms in total. The smallest absolute Gasteiger partial charge is 0.00411 e. The van der Waals surface area contributed by atoms with Gasteiger partial charge < -0.3 is 5.32 Å². The van der Waals surface area contributed by atoms with Gasteiger partial charge in [0.2, 0.25) is 0 Å². The van der Waals surface area contributed by atoms with Crippen molar-refractivity contribution in [2.45, 2.75) is 19.3 Å². The molecule has 0 unspecified atom stereocenters. The summed E-state index contributed by atoms with van der Waals surface area (Å²) in [4.78, 5) is 0. The first-order valence-electron chi connectivity index (χ1n) is 5.67. The molecule has 84 valence electrons. The Morgan fingerprint density at radius 3 is 2.53 bits per heavy atom. The molecule has 15 heavy (non-hydrogen) atoms. The highest BCUT2D eigenvalue weighted by Gasteiger charge is 1.91. The van der Waals surface area contributed by atoms with Gasteiger partial charge in [-0.05, 0) is 49.9 Å². The number of nitrogens with one attached hydrogen (secondary N) is 1. The lowest BCUT2D eigenvalue weighted by Crippen LogP contribution is -2.17. The first-order valence-corrected chi connectivity index (χ1v) is 7.06. The van der Waals surface area contributed by atoms with Crippen LogP contribution in [0.1, 0.15) is 18.4 Å². The summed E-state index contributed by atoms with van der Waals surface area (Å²) >= 11 is 1.92. The molecular weight excluding hydrogens is 202 g/mol. The fraction of sp³-hybridized carbons (Fsp3) is 0.538. The maximum Gasteiger partial charge on any atom is -0.00411 e. The molecule has 0 atom stereocenters. The van der Waals surface area contributed by atoms with E-state index in [9.17, 15) is 0 Å². The monoisotopic (exact) mass is 223 g/mol. The number of benzene rings is 1. The van der Waals surface area contributed by atoms with Crippen LogP contribution in [0.25, 0.3) is 0 Å². The third-order valence-electron chi connectivity index (χ3n) is 2.36. The van der Waals surface area contributed by atoms with Gasteiger partial charge in [0.25, 0.3) is 0 Å². The van der Waals surface area contributed by atoms with Crippen molar-refractivity contribution < 1.29 is 0 Å². The van der Waals surface area contributed by atoms with Crippen molar-refractivity contribution in [1.82, 2.24) is 5.32 Å². The van der Waals surface area contributed by atoms with Gasteiger partial charge in [-0.25, -0.2) is 0 Å². The Kier molecular flexibility index (Phi) is 7.40. The quantitative estimate of drug-likeness (QED) is 0.680.